The van der Waals surface area contributed by atoms with E-state index in [2.05, 4.69) is 4.98 Å². The average Bonchev–Trinajstić information content (AvgIpc) is 2.41. The zero-order chi connectivity index (χ0) is 14.5. The van der Waals surface area contributed by atoms with E-state index in [1.54, 1.807) is 18.5 Å². The second-order valence-electron chi connectivity index (χ2n) is 4.65. The van der Waals surface area contributed by atoms with Gasteiger partial charge in [-0.3, -0.25) is 9.88 Å². The van der Waals surface area contributed by atoms with Gasteiger partial charge in [0.25, 0.3) is 0 Å². The van der Waals surface area contributed by atoms with Crippen LogP contribution < -0.4 is 0 Å². The lowest BCUT2D eigenvalue weighted by Gasteiger charge is -2.17. The van der Waals surface area contributed by atoms with Gasteiger partial charge in [0.2, 0.25) is 0 Å². The molecule has 5 heteroatoms. The molecule has 0 unspecified atom stereocenters. The fourth-order valence-electron chi connectivity index (χ4n) is 2.01. The monoisotopic (exact) mass is 274 g/mol. The molecule has 1 aromatic carbocycles. The maximum Gasteiger partial charge on any atom is 0.338 e. The van der Waals surface area contributed by atoms with Crippen molar-refractivity contribution in [2.75, 3.05) is 7.05 Å². The molecule has 0 radical (unpaired) electrons. The summed E-state index contributed by atoms with van der Waals surface area (Å²) in [6, 6.07) is 8.00. The summed E-state index contributed by atoms with van der Waals surface area (Å²) in [6.07, 6.45) is 3.49. The average molecular weight is 274 g/mol. The number of rotatable bonds is 5. The van der Waals surface area contributed by atoms with Gasteiger partial charge < -0.3 is 5.11 Å². The topological polar surface area (TPSA) is 53.4 Å². The Kier molecular flexibility index (Phi) is 4.42. The first-order valence-electron chi connectivity index (χ1n) is 6.15. The van der Waals surface area contributed by atoms with Gasteiger partial charge in [0.15, 0.2) is 0 Å². The summed E-state index contributed by atoms with van der Waals surface area (Å²) < 4.78 is 13.3. The Morgan fingerprint density at radius 1 is 1.30 bits per heavy atom. The van der Waals surface area contributed by atoms with Crippen LogP contribution in [0.1, 0.15) is 21.5 Å². The quantitative estimate of drug-likeness (QED) is 0.910. The number of hydrogen-bond acceptors (Lipinski definition) is 3. The second-order valence-corrected chi connectivity index (χ2v) is 4.65. The molecule has 1 heterocycles. The van der Waals surface area contributed by atoms with Crippen molar-refractivity contribution >= 4 is 5.97 Å². The number of hydrogen-bond donors (Lipinski definition) is 1. The molecule has 2 aromatic rings. The van der Waals surface area contributed by atoms with E-state index in [-0.39, 0.29) is 5.56 Å². The van der Waals surface area contributed by atoms with Gasteiger partial charge in [0, 0.05) is 25.5 Å². The number of carbonyl (C=O) groups is 1. The van der Waals surface area contributed by atoms with Crippen molar-refractivity contribution < 1.29 is 14.3 Å². The minimum absolute atomic E-state index is 0.294. The molecule has 0 saturated carbocycles. The molecule has 4 nitrogen and oxygen atoms in total. The molecule has 1 aromatic heterocycles. The van der Waals surface area contributed by atoms with Crippen LogP contribution in [-0.2, 0) is 13.1 Å². The number of carboxylic acids is 1. The van der Waals surface area contributed by atoms with Gasteiger partial charge in [-0.1, -0.05) is 12.1 Å². The molecule has 0 aliphatic carbocycles. The fourth-order valence-corrected chi connectivity index (χ4v) is 2.01. The smallest absolute Gasteiger partial charge is 0.338 e. The third-order valence-electron chi connectivity index (χ3n) is 2.89. The summed E-state index contributed by atoms with van der Waals surface area (Å²) in [6.45, 7) is 1.23. The Balaban J connectivity index is 2.06. The SMILES string of the molecule is CN(Cc1cccnc1)Cc1ccc(F)c(C(=O)O)c1. The molecular formula is C15H15FN2O2. The summed E-state index contributed by atoms with van der Waals surface area (Å²) in [4.78, 5) is 16.9. The van der Waals surface area contributed by atoms with Gasteiger partial charge >= 0.3 is 5.97 Å². The molecule has 0 aliphatic rings. The Bertz CT molecular complexity index is 602. The number of aromatic nitrogens is 1. The number of carboxylic acid groups (broad SMARTS) is 1. The highest BCUT2D eigenvalue weighted by Crippen LogP contribution is 2.13. The predicted octanol–water partition coefficient (Wildman–Crippen LogP) is 2.55. The van der Waals surface area contributed by atoms with Gasteiger partial charge in [-0.15, -0.1) is 0 Å². The number of nitrogens with zero attached hydrogens (tertiary/aromatic N) is 2. The van der Waals surface area contributed by atoms with Crippen molar-refractivity contribution in [3.8, 4) is 0 Å². The zero-order valence-corrected chi connectivity index (χ0v) is 11.1. The predicted molar refractivity (Wildman–Crippen MR) is 72.8 cm³/mol. The molecule has 104 valence electrons. The Morgan fingerprint density at radius 3 is 2.70 bits per heavy atom. The van der Waals surface area contributed by atoms with E-state index in [0.717, 1.165) is 11.1 Å². The highest BCUT2D eigenvalue weighted by Gasteiger charge is 2.11. The number of benzene rings is 1. The Morgan fingerprint density at radius 2 is 2.05 bits per heavy atom. The molecule has 0 aliphatic heterocycles. The summed E-state index contributed by atoms with van der Waals surface area (Å²) in [5.41, 5.74) is 1.53. The van der Waals surface area contributed by atoms with Crippen molar-refractivity contribution in [3.05, 3.63) is 65.2 Å². The minimum atomic E-state index is -1.25. The maximum absolute atomic E-state index is 13.3. The van der Waals surface area contributed by atoms with Crippen LogP contribution in [0.25, 0.3) is 0 Å². The first kappa shape index (κ1) is 14.1. The number of halogens is 1. The van der Waals surface area contributed by atoms with Crippen molar-refractivity contribution in [3.63, 3.8) is 0 Å². The van der Waals surface area contributed by atoms with E-state index in [9.17, 15) is 9.18 Å². The molecule has 2 rings (SSSR count). The molecule has 0 atom stereocenters. The maximum atomic E-state index is 13.3. The van der Waals surface area contributed by atoms with Gasteiger partial charge in [0.1, 0.15) is 5.82 Å². The van der Waals surface area contributed by atoms with Crippen LogP contribution in [0.3, 0.4) is 0 Å². The normalized spacial score (nSPS) is 10.8. The van der Waals surface area contributed by atoms with E-state index in [4.69, 9.17) is 5.11 Å². The van der Waals surface area contributed by atoms with E-state index >= 15 is 0 Å². The van der Waals surface area contributed by atoms with Crippen LogP contribution in [0, 0.1) is 5.82 Å². The Hall–Kier alpha value is -2.27. The lowest BCUT2D eigenvalue weighted by Crippen LogP contribution is -2.17. The van der Waals surface area contributed by atoms with Crippen molar-refractivity contribution in [2.24, 2.45) is 0 Å². The summed E-state index contributed by atoms with van der Waals surface area (Å²) >= 11 is 0. The lowest BCUT2D eigenvalue weighted by atomic mass is 10.1. The van der Waals surface area contributed by atoms with Crippen LogP contribution in [0.4, 0.5) is 4.39 Å². The van der Waals surface area contributed by atoms with E-state index < -0.39 is 11.8 Å². The zero-order valence-electron chi connectivity index (χ0n) is 11.1. The first-order valence-corrected chi connectivity index (χ1v) is 6.15. The van der Waals surface area contributed by atoms with Crippen LogP contribution in [0.15, 0.2) is 42.7 Å². The fraction of sp³-hybridized carbons (Fsp3) is 0.200. The lowest BCUT2D eigenvalue weighted by molar-refractivity contribution is 0.0691. The van der Waals surface area contributed by atoms with E-state index in [1.807, 2.05) is 24.1 Å². The highest BCUT2D eigenvalue weighted by molar-refractivity contribution is 5.88. The second kappa shape index (κ2) is 6.25. The van der Waals surface area contributed by atoms with Gasteiger partial charge in [-0.25, -0.2) is 9.18 Å². The molecule has 0 bridgehead atoms. The summed E-state index contributed by atoms with van der Waals surface area (Å²) in [5, 5.41) is 8.90. The van der Waals surface area contributed by atoms with Gasteiger partial charge in [-0.05, 0) is 36.4 Å². The molecule has 0 saturated heterocycles. The third-order valence-corrected chi connectivity index (χ3v) is 2.89. The molecule has 0 spiro atoms. The van der Waals surface area contributed by atoms with E-state index in [0.29, 0.717) is 13.1 Å². The summed E-state index contributed by atoms with van der Waals surface area (Å²) in [5.74, 6) is -1.96. The highest BCUT2D eigenvalue weighted by atomic mass is 19.1. The van der Waals surface area contributed by atoms with Crippen LogP contribution in [0.2, 0.25) is 0 Å². The van der Waals surface area contributed by atoms with Crippen molar-refractivity contribution in [1.82, 2.24) is 9.88 Å². The van der Waals surface area contributed by atoms with Crippen LogP contribution >= 0.6 is 0 Å². The van der Waals surface area contributed by atoms with Crippen LogP contribution in [0.5, 0.6) is 0 Å². The Labute approximate surface area is 116 Å². The van der Waals surface area contributed by atoms with E-state index in [1.165, 1.54) is 12.1 Å². The molecule has 20 heavy (non-hydrogen) atoms. The standard InChI is InChI=1S/C15H15FN2O2/c1-18(10-12-3-2-6-17-8-12)9-11-4-5-14(16)13(7-11)15(19)20/h2-8H,9-10H2,1H3,(H,19,20). The molecule has 0 amide bonds. The molecule has 0 fully saturated rings. The van der Waals surface area contributed by atoms with Gasteiger partial charge in [0.05, 0.1) is 5.56 Å². The molecular weight excluding hydrogens is 259 g/mol. The number of aromatic carboxylic acids is 1. The molecule has 1 N–H and O–H groups in total. The number of pyridine rings is 1. The van der Waals surface area contributed by atoms with Crippen molar-refractivity contribution in [2.45, 2.75) is 13.1 Å². The minimum Gasteiger partial charge on any atom is -0.478 e. The van der Waals surface area contributed by atoms with Crippen molar-refractivity contribution in [1.29, 1.82) is 0 Å². The third kappa shape index (κ3) is 3.61. The largest absolute Gasteiger partial charge is 0.478 e. The van der Waals surface area contributed by atoms with Gasteiger partial charge in [-0.2, -0.15) is 0 Å². The summed E-state index contributed by atoms with van der Waals surface area (Å²) in [7, 11) is 1.91. The van der Waals surface area contributed by atoms with Crippen LogP contribution in [-0.4, -0.2) is 28.0 Å². The first-order chi connectivity index (χ1) is 9.56.